The first-order valence-corrected chi connectivity index (χ1v) is 13.6. The van der Waals surface area contributed by atoms with Crippen molar-refractivity contribution in [3.63, 3.8) is 0 Å². The lowest BCUT2D eigenvalue weighted by molar-refractivity contribution is -0.131. The summed E-state index contributed by atoms with van der Waals surface area (Å²) in [7, 11) is 4.01. The average Bonchev–Trinajstić information content (AvgIpc) is 2.92. The van der Waals surface area contributed by atoms with Crippen LogP contribution in [0.1, 0.15) is 18.4 Å². The highest BCUT2D eigenvalue weighted by Crippen LogP contribution is 2.35. The molecule has 1 unspecified atom stereocenters. The summed E-state index contributed by atoms with van der Waals surface area (Å²) in [6, 6.07) is 10.1. The fourth-order valence-electron chi connectivity index (χ4n) is 4.63. The molecule has 1 atom stereocenters. The third kappa shape index (κ3) is 7.49. The Morgan fingerprint density at radius 2 is 2.03 bits per heavy atom. The Kier molecular flexibility index (Phi) is 9.81. The number of nitriles is 1. The van der Waals surface area contributed by atoms with E-state index in [1.165, 1.54) is 18.3 Å². The average molecular weight is 573 g/mol. The molecule has 0 radical (unpaired) electrons. The van der Waals surface area contributed by atoms with Gasteiger partial charge < -0.3 is 25.8 Å². The topological polar surface area (TPSA) is 96.3 Å². The van der Waals surface area contributed by atoms with E-state index in [0.717, 1.165) is 38.2 Å². The quantitative estimate of drug-likeness (QED) is 0.291. The number of nitrogens with one attached hydrogen (secondary N) is 3. The molecular weight excluding hydrogens is 540 g/mol. The molecule has 2 aromatic carbocycles. The van der Waals surface area contributed by atoms with Gasteiger partial charge in [0.2, 0.25) is 5.91 Å². The van der Waals surface area contributed by atoms with Gasteiger partial charge in [-0.15, -0.1) is 0 Å². The van der Waals surface area contributed by atoms with Crippen LogP contribution in [0.2, 0.25) is 10.0 Å². The van der Waals surface area contributed by atoms with Crippen LogP contribution >= 0.6 is 23.2 Å². The maximum atomic E-state index is 13.7. The van der Waals surface area contributed by atoms with Crippen LogP contribution in [0.25, 0.3) is 10.9 Å². The van der Waals surface area contributed by atoms with Crippen molar-refractivity contribution in [3.8, 4) is 6.07 Å². The van der Waals surface area contributed by atoms with Crippen molar-refractivity contribution in [1.29, 1.82) is 5.26 Å². The van der Waals surface area contributed by atoms with Crippen LogP contribution in [0.15, 0.2) is 36.5 Å². The highest BCUT2D eigenvalue weighted by atomic mass is 35.5. The molecule has 0 aliphatic carbocycles. The normalized spacial score (nSPS) is 15.4. The van der Waals surface area contributed by atoms with E-state index >= 15 is 0 Å². The summed E-state index contributed by atoms with van der Waals surface area (Å²) in [5, 5.41) is 20.7. The minimum absolute atomic E-state index is 0.0263. The standard InChI is InChI=1S/C28H32Cl2FN7O/c1-37(2)9-7-33-16-26(39)38-8-3-4-18(17-38)14-34-21-10-22-27(36-20-5-6-25(31)23(29)11-20)19(13-32)15-35-28(22)24(30)12-21/h5-6,10-12,15,18,33-34H,3-4,7-9,14,16-17H2,1-2H3,(H,35,36). The predicted molar refractivity (Wildman–Crippen MR) is 155 cm³/mol. The molecule has 8 nitrogen and oxygen atoms in total. The Labute approximate surface area is 238 Å². The summed E-state index contributed by atoms with van der Waals surface area (Å²) in [5.41, 5.74) is 2.67. The summed E-state index contributed by atoms with van der Waals surface area (Å²) in [4.78, 5) is 21.1. The van der Waals surface area contributed by atoms with Gasteiger partial charge in [-0.2, -0.15) is 5.26 Å². The number of benzene rings is 2. The smallest absolute Gasteiger partial charge is 0.236 e. The van der Waals surface area contributed by atoms with E-state index in [1.54, 1.807) is 6.07 Å². The number of pyridine rings is 1. The zero-order chi connectivity index (χ0) is 27.9. The number of hydrogen-bond donors (Lipinski definition) is 3. The largest absolute Gasteiger partial charge is 0.385 e. The number of likely N-dealkylation sites (N-methyl/N-ethyl adjacent to an activating group) is 1. The van der Waals surface area contributed by atoms with E-state index in [9.17, 15) is 14.4 Å². The van der Waals surface area contributed by atoms with Crippen molar-refractivity contribution in [2.75, 3.05) is 64.0 Å². The summed E-state index contributed by atoms with van der Waals surface area (Å²) in [6.45, 7) is 4.14. The lowest BCUT2D eigenvalue weighted by Crippen LogP contribution is -2.46. The third-order valence-electron chi connectivity index (χ3n) is 6.71. The van der Waals surface area contributed by atoms with Crippen LogP contribution in [-0.4, -0.2) is 74.1 Å². The van der Waals surface area contributed by atoms with Crippen molar-refractivity contribution in [1.82, 2.24) is 20.1 Å². The van der Waals surface area contributed by atoms with Crippen LogP contribution in [0, 0.1) is 23.1 Å². The molecule has 1 aliphatic rings. The number of nitrogens with zero attached hydrogens (tertiary/aromatic N) is 4. The number of carbonyl (C=O) groups excluding carboxylic acids is 1. The predicted octanol–water partition coefficient (Wildman–Crippen LogP) is 5.10. The van der Waals surface area contributed by atoms with Crippen LogP contribution < -0.4 is 16.0 Å². The van der Waals surface area contributed by atoms with Gasteiger partial charge in [0.25, 0.3) is 0 Å². The fraction of sp³-hybridized carbons (Fsp3) is 0.393. The summed E-state index contributed by atoms with van der Waals surface area (Å²) < 4.78 is 13.7. The zero-order valence-electron chi connectivity index (χ0n) is 22.0. The third-order valence-corrected chi connectivity index (χ3v) is 7.29. The Morgan fingerprint density at radius 3 is 2.77 bits per heavy atom. The molecule has 1 aliphatic heterocycles. The summed E-state index contributed by atoms with van der Waals surface area (Å²) in [5.74, 6) is -0.110. The van der Waals surface area contributed by atoms with E-state index in [1.807, 2.05) is 31.1 Å². The van der Waals surface area contributed by atoms with E-state index in [-0.39, 0.29) is 10.9 Å². The van der Waals surface area contributed by atoms with Crippen LogP contribution in [0.4, 0.5) is 21.5 Å². The van der Waals surface area contributed by atoms with Crippen molar-refractivity contribution < 1.29 is 9.18 Å². The molecule has 1 saturated heterocycles. The number of carbonyl (C=O) groups is 1. The second-order valence-electron chi connectivity index (χ2n) is 9.98. The molecular formula is C28H32Cl2FN7O. The van der Waals surface area contributed by atoms with Gasteiger partial charge in [0.05, 0.1) is 33.4 Å². The number of amides is 1. The van der Waals surface area contributed by atoms with Gasteiger partial charge in [-0.25, -0.2) is 4.39 Å². The molecule has 2 heterocycles. The Hall–Kier alpha value is -3.16. The van der Waals surface area contributed by atoms with E-state index in [4.69, 9.17) is 23.2 Å². The number of likely N-dealkylation sites (tertiary alicyclic amines) is 1. The molecule has 0 bridgehead atoms. The van der Waals surface area contributed by atoms with Gasteiger partial charge in [-0.05, 0) is 63.2 Å². The van der Waals surface area contributed by atoms with E-state index in [0.29, 0.717) is 58.4 Å². The SMILES string of the molecule is CN(C)CCNCC(=O)N1CCCC(CNc2cc(Cl)c3ncc(C#N)c(Nc4ccc(F)c(Cl)c4)c3c2)C1. The fourth-order valence-corrected chi connectivity index (χ4v) is 5.08. The second kappa shape index (κ2) is 13.3. The lowest BCUT2D eigenvalue weighted by Gasteiger charge is -2.33. The first-order valence-electron chi connectivity index (χ1n) is 12.9. The van der Waals surface area contributed by atoms with Crippen molar-refractivity contribution in [3.05, 3.63) is 58.0 Å². The first kappa shape index (κ1) is 28.8. The van der Waals surface area contributed by atoms with Crippen LogP contribution in [0.3, 0.4) is 0 Å². The highest BCUT2D eigenvalue weighted by Gasteiger charge is 2.23. The van der Waals surface area contributed by atoms with Gasteiger partial charge >= 0.3 is 0 Å². The monoisotopic (exact) mass is 571 g/mol. The number of halogens is 3. The van der Waals surface area contributed by atoms with Gasteiger partial charge in [0.15, 0.2) is 0 Å². The van der Waals surface area contributed by atoms with Crippen molar-refractivity contribution in [2.45, 2.75) is 12.8 Å². The Morgan fingerprint density at radius 1 is 1.23 bits per heavy atom. The number of piperidine rings is 1. The molecule has 11 heteroatoms. The number of anilines is 3. The van der Waals surface area contributed by atoms with Gasteiger partial charge in [-0.3, -0.25) is 9.78 Å². The number of aromatic nitrogens is 1. The molecule has 1 fully saturated rings. The molecule has 4 rings (SSSR count). The maximum Gasteiger partial charge on any atom is 0.236 e. The van der Waals surface area contributed by atoms with Gasteiger partial charge in [0, 0.05) is 55.7 Å². The molecule has 3 N–H and O–H groups in total. The lowest BCUT2D eigenvalue weighted by atomic mass is 9.97. The highest BCUT2D eigenvalue weighted by molar-refractivity contribution is 6.36. The van der Waals surface area contributed by atoms with E-state index < -0.39 is 5.82 Å². The number of hydrogen-bond acceptors (Lipinski definition) is 7. The van der Waals surface area contributed by atoms with Gasteiger partial charge in [0.1, 0.15) is 11.9 Å². The van der Waals surface area contributed by atoms with Crippen molar-refractivity contribution in [2.24, 2.45) is 5.92 Å². The van der Waals surface area contributed by atoms with Crippen molar-refractivity contribution >= 4 is 57.1 Å². The Balaban J connectivity index is 1.47. The maximum absolute atomic E-state index is 13.7. The molecule has 3 aromatic rings. The minimum atomic E-state index is -0.527. The number of rotatable bonds is 10. The van der Waals surface area contributed by atoms with Gasteiger partial charge in [-0.1, -0.05) is 23.2 Å². The minimum Gasteiger partial charge on any atom is -0.385 e. The molecule has 206 valence electrons. The van der Waals surface area contributed by atoms with Crippen LogP contribution in [-0.2, 0) is 4.79 Å². The summed E-state index contributed by atoms with van der Waals surface area (Å²) in [6.07, 6.45) is 3.43. The molecule has 0 saturated carbocycles. The second-order valence-corrected chi connectivity index (χ2v) is 10.8. The molecule has 0 spiro atoms. The van der Waals surface area contributed by atoms with E-state index in [2.05, 4.69) is 31.9 Å². The molecule has 39 heavy (non-hydrogen) atoms. The van der Waals surface area contributed by atoms with Crippen LogP contribution in [0.5, 0.6) is 0 Å². The first-order chi connectivity index (χ1) is 18.7. The molecule has 1 amide bonds. The zero-order valence-corrected chi connectivity index (χ0v) is 23.5. The Bertz CT molecular complexity index is 1380. The molecule has 1 aromatic heterocycles. The summed E-state index contributed by atoms with van der Waals surface area (Å²) >= 11 is 12.6. The number of fused-ring (bicyclic) bond motifs is 1.